The molecule has 0 saturated heterocycles. The second-order valence-electron chi connectivity index (χ2n) is 4.34. The molecule has 2 aromatic carbocycles. The van der Waals surface area contributed by atoms with Crippen LogP contribution in [0.15, 0.2) is 46.9 Å². The molecule has 0 heterocycles. The summed E-state index contributed by atoms with van der Waals surface area (Å²) in [4.78, 5) is 22.0. The number of nitro groups is 1. The van der Waals surface area contributed by atoms with E-state index < -0.39 is 10.9 Å². The zero-order valence-electron chi connectivity index (χ0n) is 11.6. The van der Waals surface area contributed by atoms with E-state index in [1.54, 1.807) is 12.1 Å². The number of halogens is 1. The fraction of sp³-hybridized carbons (Fsp3) is 0.133. The summed E-state index contributed by atoms with van der Waals surface area (Å²) in [6.45, 7) is 0.0401. The van der Waals surface area contributed by atoms with E-state index in [9.17, 15) is 14.9 Å². The predicted octanol–water partition coefficient (Wildman–Crippen LogP) is 3.72. The van der Waals surface area contributed by atoms with Crippen LogP contribution in [0.1, 0.15) is 15.9 Å². The quantitative estimate of drug-likeness (QED) is 0.458. The second-order valence-corrected chi connectivity index (χ2v) is 5.25. The molecule has 2 aromatic rings. The fourth-order valence-corrected chi connectivity index (χ4v) is 2.21. The monoisotopic (exact) mass is 365 g/mol. The van der Waals surface area contributed by atoms with Crippen molar-refractivity contribution in [3.63, 3.8) is 0 Å². The Kier molecular flexibility index (Phi) is 5.11. The first-order chi connectivity index (χ1) is 10.5. The van der Waals surface area contributed by atoms with Crippen LogP contribution in [0, 0.1) is 10.1 Å². The van der Waals surface area contributed by atoms with Crippen LogP contribution in [0.25, 0.3) is 0 Å². The maximum atomic E-state index is 11.9. The zero-order chi connectivity index (χ0) is 16.1. The molecule has 0 amide bonds. The van der Waals surface area contributed by atoms with Crippen LogP contribution >= 0.6 is 15.9 Å². The van der Waals surface area contributed by atoms with Gasteiger partial charge in [-0.15, -0.1) is 0 Å². The molecule has 0 fully saturated rings. The second kappa shape index (κ2) is 7.04. The van der Waals surface area contributed by atoms with Crippen molar-refractivity contribution in [2.75, 3.05) is 7.11 Å². The van der Waals surface area contributed by atoms with Crippen LogP contribution < -0.4 is 4.74 Å². The lowest BCUT2D eigenvalue weighted by Gasteiger charge is -2.10. The number of nitrogens with zero attached hydrogens (tertiary/aromatic N) is 1. The van der Waals surface area contributed by atoms with Gasteiger partial charge in [0.05, 0.1) is 17.6 Å². The Labute approximate surface area is 134 Å². The van der Waals surface area contributed by atoms with Crippen molar-refractivity contribution in [1.29, 1.82) is 0 Å². The average Bonchev–Trinajstić information content (AvgIpc) is 2.52. The number of non-ortho nitro benzene ring substituents is 1. The first-order valence-corrected chi connectivity index (χ1v) is 7.04. The molecule has 7 heteroatoms. The lowest BCUT2D eigenvalue weighted by Crippen LogP contribution is -2.06. The Bertz CT molecular complexity index is 700. The summed E-state index contributed by atoms with van der Waals surface area (Å²) in [6, 6.07) is 10.6. The average molecular weight is 366 g/mol. The molecule has 0 N–H and O–H groups in total. The van der Waals surface area contributed by atoms with E-state index in [1.165, 1.54) is 31.4 Å². The Morgan fingerprint density at radius 1 is 1.23 bits per heavy atom. The molecule has 0 aliphatic heterocycles. The number of esters is 1. The molecule has 0 spiro atoms. The Hall–Kier alpha value is -2.41. The van der Waals surface area contributed by atoms with Crippen molar-refractivity contribution in [3.8, 4) is 5.75 Å². The minimum atomic E-state index is -0.558. The summed E-state index contributed by atoms with van der Waals surface area (Å²) in [5.41, 5.74) is 0.886. The topological polar surface area (TPSA) is 78.7 Å². The van der Waals surface area contributed by atoms with Crippen LogP contribution in [0.4, 0.5) is 5.69 Å². The van der Waals surface area contributed by atoms with Crippen LogP contribution in [-0.4, -0.2) is 18.0 Å². The van der Waals surface area contributed by atoms with E-state index in [0.717, 1.165) is 4.47 Å². The highest BCUT2D eigenvalue weighted by molar-refractivity contribution is 9.10. The number of carbonyl (C=O) groups excluding carboxylic acids is 1. The molecule has 0 aliphatic rings. The molecule has 2 rings (SSSR count). The molecule has 0 unspecified atom stereocenters. The summed E-state index contributed by atoms with van der Waals surface area (Å²) in [5.74, 6) is 0.0524. The molecule has 0 radical (unpaired) electrons. The van der Waals surface area contributed by atoms with Crippen molar-refractivity contribution in [2.45, 2.75) is 6.61 Å². The van der Waals surface area contributed by atoms with Crippen LogP contribution in [0.5, 0.6) is 5.75 Å². The first kappa shape index (κ1) is 16.0. The third-order valence-electron chi connectivity index (χ3n) is 2.92. The number of methoxy groups -OCH3 is 1. The molecule has 0 saturated carbocycles. The number of hydrogen-bond acceptors (Lipinski definition) is 5. The molecule has 0 atom stereocenters. The first-order valence-electron chi connectivity index (χ1n) is 6.25. The standard InChI is InChI=1S/C15H12BrNO5/c1-21-14-7-4-12(16)8-11(14)9-22-15(18)10-2-5-13(6-3-10)17(19)20/h2-8H,9H2,1H3. The van der Waals surface area contributed by atoms with E-state index >= 15 is 0 Å². The fourth-order valence-electron chi connectivity index (χ4n) is 1.81. The predicted molar refractivity (Wildman–Crippen MR) is 82.9 cm³/mol. The summed E-state index contributed by atoms with van der Waals surface area (Å²) in [5, 5.41) is 10.6. The van der Waals surface area contributed by atoms with E-state index in [1.807, 2.05) is 6.07 Å². The van der Waals surface area contributed by atoms with Crippen molar-refractivity contribution in [3.05, 3.63) is 68.2 Å². The highest BCUT2D eigenvalue weighted by atomic mass is 79.9. The largest absolute Gasteiger partial charge is 0.496 e. The molecular formula is C15H12BrNO5. The van der Waals surface area contributed by atoms with Crippen molar-refractivity contribution >= 4 is 27.6 Å². The SMILES string of the molecule is COc1ccc(Br)cc1COC(=O)c1ccc([N+](=O)[O-])cc1. The van der Waals surface area contributed by atoms with Gasteiger partial charge >= 0.3 is 5.97 Å². The Balaban J connectivity index is 2.06. The number of ether oxygens (including phenoxy) is 2. The van der Waals surface area contributed by atoms with Gasteiger partial charge in [-0.1, -0.05) is 15.9 Å². The molecule has 22 heavy (non-hydrogen) atoms. The Morgan fingerprint density at radius 3 is 2.50 bits per heavy atom. The minimum Gasteiger partial charge on any atom is -0.496 e. The van der Waals surface area contributed by atoms with Gasteiger partial charge in [0.2, 0.25) is 0 Å². The lowest BCUT2D eigenvalue weighted by molar-refractivity contribution is -0.384. The van der Waals surface area contributed by atoms with E-state index in [2.05, 4.69) is 15.9 Å². The number of benzene rings is 2. The third-order valence-corrected chi connectivity index (χ3v) is 3.41. The molecular weight excluding hydrogens is 354 g/mol. The normalized spacial score (nSPS) is 10.1. The maximum Gasteiger partial charge on any atom is 0.338 e. The van der Waals surface area contributed by atoms with Gasteiger partial charge in [-0.3, -0.25) is 10.1 Å². The van der Waals surface area contributed by atoms with Gasteiger partial charge in [0.15, 0.2) is 0 Å². The van der Waals surface area contributed by atoms with Crippen molar-refractivity contribution in [1.82, 2.24) is 0 Å². The van der Waals surface area contributed by atoms with Gasteiger partial charge in [0.1, 0.15) is 12.4 Å². The van der Waals surface area contributed by atoms with Crippen LogP contribution in [0.3, 0.4) is 0 Å². The van der Waals surface area contributed by atoms with Gasteiger partial charge in [0, 0.05) is 22.2 Å². The van der Waals surface area contributed by atoms with Gasteiger partial charge in [-0.05, 0) is 30.3 Å². The smallest absolute Gasteiger partial charge is 0.338 e. The van der Waals surface area contributed by atoms with Crippen LogP contribution in [-0.2, 0) is 11.3 Å². The van der Waals surface area contributed by atoms with E-state index in [4.69, 9.17) is 9.47 Å². The van der Waals surface area contributed by atoms with Gasteiger partial charge in [-0.2, -0.15) is 0 Å². The van der Waals surface area contributed by atoms with E-state index in [-0.39, 0.29) is 17.9 Å². The summed E-state index contributed by atoms with van der Waals surface area (Å²) < 4.78 is 11.2. The zero-order valence-corrected chi connectivity index (χ0v) is 13.2. The summed E-state index contributed by atoms with van der Waals surface area (Å²) in [6.07, 6.45) is 0. The van der Waals surface area contributed by atoms with Gasteiger partial charge < -0.3 is 9.47 Å². The highest BCUT2D eigenvalue weighted by Crippen LogP contribution is 2.24. The summed E-state index contributed by atoms with van der Waals surface area (Å²) >= 11 is 3.34. The number of nitro benzene ring substituents is 1. The third kappa shape index (κ3) is 3.82. The van der Waals surface area contributed by atoms with Crippen LogP contribution in [0.2, 0.25) is 0 Å². The number of carbonyl (C=O) groups is 1. The molecule has 0 aromatic heterocycles. The number of hydrogen-bond donors (Lipinski definition) is 0. The van der Waals surface area contributed by atoms with E-state index in [0.29, 0.717) is 11.3 Å². The summed E-state index contributed by atoms with van der Waals surface area (Å²) in [7, 11) is 1.53. The highest BCUT2D eigenvalue weighted by Gasteiger charge is 2.12. The maximum absolute atomic E-state index is 11.9. The molecule has 0 aliphatic carbocycles. The number of rotatable bonds is 5. The minimum absolute atomic E-state index is 0.0401. The van der Waals surface area contributed by atoms with Gasteiger partial charge in [0.25, 0.3) is 5.69 Å². The molecule has 114 valence electrons. The van der Waals surface area contributed by atoms with Crippen molar-refractivity contribution < 1.29 is 19.2 Å². The van der Waals surface area contributed by atoms with Gasteiger partial charge in [-0.25, -0.2) is 4.79 Å². The Morgan fingerprint density at radius 2 is 1.91 bits per heavy atom. The molecule has 6 nitrogen and oxygen atoms in total. The molecule has 0 bridgehead atoms. The lowest BCUT2D eigenvalue weighted by atomic mass is 10.2. The van der Waals surface area contributed by atoms with Crippen molar-refractivity contribution in [2.24, 2.45) is 0 Å².